The maximum atomic E-state index is 13.0. The van der Waals surface area contributed by atoms with Gasteiger partial charge in [0.2, 0.25) is 0 Å². The third-order valence-corrected chi connectivity index (χ3v) is 5.71. The lowest BCUT2D eigenvalue weighted by atomic mass is 10.0. The fourth-order valence-corrected chi connectivity index (χ4v) is 3.80. The first kappa shape index (κ1) is 25.4. The van der Waals surface area contributed by atoms with Crippen molar-refractivity contribution < 1.29 is 18.0 Å². The standard InChI is InChI=1S/C27H22F3N5O2/c28-27(29,30)24(32)22(13-31)19-9-10-21-23(12-19)34-16-35(26(21)37)15-18-7-4-8-20(11-18)25(36)33-14-17-5-2-1-3-6-17/h1-13,16,31H,14-15,32H2,(H,33,36)/b24-22+,31-13?. The Kier molecular flexibility index (Phi) is 7.19. The Labute approximate surface area is 209 Å². The first-order valence-corrected chi connectivity index (χ1v) is 11.2. The molecule has 4 rings (SSSR count). The molecule has 37 heavy (non-hydrogen) atoms. The van der Waals surface area contributed by atoms with Crippen LogP contribution in [0.3, 0.4) is 0 Å². The van der Waals surface area contributed by atoms with Crippen LogP contribution in [-0.4, -0.2) is 27.8 Å². The van der Waals surface area contributed by atoms with E-state index in [2.05, 4.69) is 10.3 Å². The normalized spacial score (nSPS) is 12.2. The molecule has 0 radical (unpaired) electrons. The summed E-state index contributed by atoms with van der Waals surface area (Å²) in [4.78, 5) is 29.9. The largest absolute Gasteiger partial charge is 0.431 e. The summed E-state index contributed by atoms with van der Waals surface area (Å²) in [5, 5.41) is 10.4. The van der Waals surface area contributed by atoms with Gasteiger partial charge >= 0.3 is 6.18 Å². The highest BCUT2D eigenvalue weighted by molar-refractivity contribution is 6.10. The number of nitrogens with one attached hydrogen (secondary N) is 2. The van der Waals surface area contributed by atoms with E-state index in [1.54, 1.807) is 24.3 Å². The van der Waals surface area contributed by atoms with E-state index < -0.39 is 23.0 Å². The second kappa shape index (κ2) is 10.5. The first-order valence-electron chi connectivity index (χ1n) is 11.2. The highest BCUT2D eigenvalue weighted by Gasteiger charge is 2.34. The van der Waals surface area contributed by atoms with Gasteiger partial charge in [0.1, 0.15) is 5.70 Å². The van der Waals surface area contributed by atoms with Crippen LogP contribution in [0, 0.1) is 5.41 Å². The molecule has 7 nitrogen and oxygen atoms in total. The molecule has 3 aromatic carbocycles. The van der Waals surface area contributed by atoms with Crippen LogP contribution in [0.2, 0.25) is 0 Å². The molecule has 0 aliphatic rings. The molecular formula is C27H22F3N5O2. The number of hydrogen-bond donors (Lipinski definition) is 3. The van der Waals surface area contributed by atoms with Crippen LogP contribution in [0.5, 0.6) is 0 Å². The minimum Gasteiger partial charge on any atom is -0.394 e. The van der Waals surface area contributed by atoms with Crippen LogP contribution in [0.1, 0.15) is 27.0 Å². The summed E-state index contributed by atoms with van der Waals surface area (Å²) in [6, 6.07) is 20.3. The molecule has 4 N–H and O–H groups in total. The lowest BCUT2D eigenvalue weighted by Gasteiger charge is -2.12. The smallest absolute Gasteiger partial charge is 0.394 e. The summed E-state index contributed by atoms with van der Waals surface area (Å²) in [6.07, 6.45) is -2.99. The van der Waals surface area contributed by atoms with Gasteiger partial charge in [-0.3, -0.25) is 14.2 Å². The van der Waals surface area contributed by atoms with Gasteiger partial charge in [0.25, 0.3) is 11.5 Å². The highest BCUT2D eigenvalue weighted by atomic mass is 19.4. The maximum absolute atomic E-state index is 13.0. The first-order chi connectivity index (χ1) is 17.7. The topological polar surface area (TPSA) is 114 Å². The average Bonchev–Trinajstić information content (AvgIpc) is 2.89. The van der Waals surface area contributed by atoms with Crippen molar-refractivity contribution in [2.45, 2.75) is 19.3 Å². The summed E-state index contributed by atoms with van der Waals surface area (Å²) < 4.78 is 40.4. The zero-order valence-electron chi connectivity index (χ0n) is 19.4. The van der Waals surface area contributed by atoms with E-state index in [-0.39, 0.29) is 28.9 Å². The number of carbonyl (C=O) groups excluding carboxylic acids is 1. The van der Waals surface area contributed by atoms with Gasteiger partial charge in [-0.25, -0.2) is 4.98 Å². The Morgan fingerprint density at radius 2 is 1.73 bits per heavy atom. The van der Waals surface area contributed by atoms with E-state index in [0.717, 1.165) is 5.56 Å². The molecule has 0 fully saturated rings. The van der Waals surface area contributed by atoms with Crippen molar-refractivity contribution in [3.05, 3.63) is 117 Å². The fourth-order valence-electron chi connectivity index (χ4n) is 3.80. The zero-order chi connectivity index (χ0) is 26.6. The third-order valence-electron chi connectivity index (χ3n) is 5.71. The summed E-state index contributed by atoms with van der Waals surface area (Å²) in [6.45, 7) is 0.513. The summed E-state index contributed by atoms with van der Waals surface area (Å²) in [5.41, 5.74) is 5.17. The molecule has 1 aromatic heterocycles. The molecule has 0 atom stereocenters. The van der Waals surface area contributed by atoms with Crippen molar-refractivity contribution in [2.75, 3.05) is 0 Å². The van der Waals surface area contributed by atoms with Gasteiger partial charge in [0.05, 0.1) is 23.8 Å². The van der Waals surface area contributed by atoms with Gasteiger partial charge in [-0.1, -0.05) is 48.5 Å². The number of amides is 1. The molecule has 0 saturated heterocycles. The lowest BCUT2D eigenvalue weighted by molar-refractivity contribution is -0.0918. The van der Waals surface area contributed by atoms with Crippen LogP contribution >= 0.6 is 0 Å². The molecule has 0 aliphatic heterocycles. The van der Waals surface area contributed by atoms with E-state index in [4.69, 9.17) is 11.1 Å². The number of benzene rings is 3. The number of halogens is 3. The molecule has 0 aliphatic carbocycles. The van der Waals surface area contributed by atoms with Crippen molar-refractivity contribution in [3.8, 4) is 0 Å². The average molecular weight is 506 g/mol. The Bertz CT molecular complexity index is 1560. The third kappa shape index (κ3) is 5.75. The molecule has 10 heteroatoms. The molecule has 0 bridgehead atoms. The zero-order valence-corrected chi connectivity index (χ0v) is 19.4. The number of nitrogens with zero attached hydrogens (tertiary/aromatic N) is 2. The predicted octanol–water partition coefficient (Wildman–Crippen LogP) is 4.26. The summed E-state index contributed by atoms with van der Waals surface area (Å²) in [5.74, 6) is -0.254. The number of rotatable bonds is 7. The Morgan fingerprint density at radius 1 is 1.00 bits per heavy atom. The molecule has 0 spiro atoms. The number of nitrogens with two attached hydrogens (primary N) is 1. The quantitative estimate of drug-likeness (QED) is 0.326. The number of aromatic nitrogens is 2. The van der Waals surface area contributed by atoms with Crippen LogP contribution in [0.25, 0.3) is 16.5 Å². The van der Waals surface area contributed by atoms with Crippen LogP contribution in [0.4, 0.5) is 13.2 Å². The number of fused-ring (bicyclic) bond motifs is 1. The minimum atomic E-state index is -4.80. The van der Waals surface area contributed by atoms with Gasteiger partial charge in [0.15, 0.2) is 0 Å². The number of allylic oxidation sites excluding steroid dienone is 2. The highest BCUT2D eigenvalue weighted by Crippen LogP contribution is 2.28. The van der Waals surface area contributed by atoms with E-state index in [9.17, 15) is 22.8 Å². The van der Waals surface area contributed by atoms with Crippen LogP contribution in [-0.2, 0) is 13.1 Å². The molecule has 0 saturated carbocycles. The minimum absolute atomic E-state index is 0.0243. The van der Waals surface area contributed by atoms with E-state index in [1.807, 2.05) is 30.3 Å². The van der Waals surface area contributed by atoms with Crippen molar-refractivity contribution >= 4 is 28.6 Å². The Hall–Kier alpha value is -4.73. The van der Waals surface area contributed by atoms with Crippen LogP contribution in [0.15, 0.2) is 89.6 Å². The maximum Gasteiger partial charge on any atom is 0.431 e. The van der Waals surface area contributed by atoms with Gasteiger partial charge in [0, 0.05) is 23.9 Å². The lowest BCUT2D eigenvalue weighted by Crippen LogP contribution is -2.24. The molecule has 188 valence electrons. The van der Waals surface area contributed by atoms with Crippen molar-refractivity contribution in [1.29, 1.82) is 5.41 Å². The Morgan fingerprint density at radius 3 is 2.43 bits per heavy atom. The number of hydrogen-bond acceptors (Lipinski definition) is 5. The SMILES string of the molecule is N=C/C(=C(\N)C(F)(F)F)c1ccc2c(=O)n(Cc3cccc(C(=O)NCc4ccccc4)c3)cnc2c1. The van der Waals surface area contributed by atoms with Gasteiger partial charge in [-0.15, -0.1) is 0 Å². The Balaban J connectivity index is 1.57. The number of alkyl halides is 3. The fraction of sp³-hybridized carbons (Fsp3) is 0.111. The van der Waals surface area contributed by atoms with Crippen molar-refractivity contribution in [3.63, 3.8) is 0 Å². The van der Waals surface area contributed by atoms with Gasteiger partial charge < -0.3 is 16.5 Å². The van der Waals surface area contributed by atoms with Crippen molar-refractivity contribution in [2.24, 2.45) is 5.73 Å². The summed E-state index contributed by atoms with van der Waals surface area (Å²) in [7, 11) is 0. The molecule has 1 heterocycles. The van der Waals surface area contributed by atoms with Gasteiger partial charge in [-0.05, 0) is 41.0 Å². The van der Waals surface area contributed by atoms with E-state index >= 15 is 0 Å². The second-order valence-corrected chi connectivity index (χ2v) is 8.25. The van der Waals surface area contributed by atoms with Crippen LogP contribution < -0.4 is 16.6 Å². The second-order valence-electron chi connectivity index (χ2n) is 8.25. The molecule has 4 aromatic rings. The monoisotopic (exact) mass is 505 g/mol. The van der Waals surface area contributed by atoms with E-state index in [1.165, 1.54) is 29.1 Å². The predicted molar refractivity (Wildman–Crippen MR) is 135 cm³/mol. The molecule has 0 unspecified atom stereocenters. The molecular weight excluding hydrogens is 483 g/mol. The number of carbonyl (C=O) groups is 1. The molecule has 1 amide bonds. The van der Waals surface area contributed by atoms with Gasteiger partial charge in [-0.2, -0.15) is 13.2 Å². The van der Waals surface area contributed by atoms with E-state index in [0.29, 0.717) is 23.9 Å². The van der Waals surface area contributed by atoms with Crippen molar-refractivity contribution in [1.82, 2.24) is 14.9 Å². The summed E-state index contributed by atoms with van der Waals surface area (Å²) >= 11 is 0.